The predicted molar refractivity (Wildman–Crippen MR) is 63.1 cm³/mol. The van der Waals surface area contributed by atoms with E-state index in [0.29, 0.717) is 35.2 Å². The van der Waals surface area contributed by atoms with E-state index in [1.807, 2.05) is 13.0 Å². The molecule has 0 bridgehead atoms. The topological polar surface area (TPSA) is 83.0 Å². The first-order valence-corrected chi connectivity index (χ1v) is 5.81. The molecule has 0 unspecified atom stereocenters. The number of amides is 1. The average molecular weight is 238 g/mol. The van der Waals surface area contributed by atoms with Gasteiger partial charge in [-0.3, -0.25) is 4.79 Å². The molecule has 0 aliphatic rings. The molecule has 0 atom stereocenters. The van der Waals surface area contributed by atoms with Gasteiger partial charge in [-0.25, -0.2) is 4.98 Å². The summed E-state index contributed by atoms with van der Waals surface area (Å²) < 4.78 is 0. The summed E-state index contributed by atoms with van der Waals surface area (Å²) in [5.41, 5.74) is 6.20. The predicted octanol–water partition coefficient (Wildman–Crippen LogP) is 1.41. The molecule has 0 saturated carbocycles. The Labute approximate surface area is 98.5 Å². The molecule has 2 N–H and O–H groups in total. The van der Waals surface area contributed by atoms with Crippen LogP contribution in [0.3, 0.4) is 0 Å². The number of rotatable bonds is 4. The second-order valence-corrected chi connectivity index (χ2v) is 4.29. The number of aryl methyl sites for hydroxylation is 1. The van der Waals surface area contributed by atoms with Crippen LogP contribution in [-0.4, -0.2) is 28.9 Å². The maximum Gasteiger partial charge on any atom is 0.265 e. The fraction of sp³-hybridized carbons (Fsp3) is 0.500. The van der Waals surface area contributed by atoms with Crippen LogP contribution < -0.4 is 5.73 Å². The molecule has 0 aliphatic carbocycles. The van der Waals surface area contributed by atoms with Crippen LogP contribution >= 0.6 is 11.3 Å². The molecule has 0 spiro atoms. The number of nitrogens with two attached hydrogens (primary N) is 1. The lowest BCUT2D eigenvalue weighted by Gasteiger charge is -2.18. The smallest absolute Gasteiger partial charge is 0.265 e. The Morgan fingerprint density at radius 2 is 2.38 bits per heavy atom. The lowest BCUT2D eigenvalue weighted by molar-refractivity contribution is 0.0771. The third-order valence-electron chi connectivity index (χ3n) is 2.17. The molecule has 6 heteroatoms. The van der Waals surface area contributed by atoms with Gasteiger partial charge in [0.15, 0.2) is 5.13 Å². The molecule has 1 aromatic heterocycles. The van der Waals surface area contributed by atoms with E-state index in [-0.39, 0.29) is 5.91 Å². The molecule has 0 saturated heterocycles. The Morgan fingerprint density at radius 3 is 2.81 bits per heavy atom. The normalized spacial score (nSPS) is 9.81. The summed E-state index contributed by atoms with van der Waals surface area (Å²) in [6.45, 7) is 4.67. The molecule has 0 radical (unpaired) electrons. The summed E-state index contributed by atoms with van der Waals surface area (Å²) >= 11 is 1.19. The van der Waals surface area contributed by atoms with E-state index in [0.717, 1.165) is 0 Å². The second-order valence-electron chi connectivity index (χ2n) is 3.26. The molecule has 0 fully saturated rings. The number of carbonyl (C=O) groups excluding carboxylic acids is 1. The summed E-state index contributed by atoms with van der Waals surface area (Å²) in [4.78, 5) is 18.3. The number of nitriles is 1. The Hall–Kier alpha value is -1.61. The van der Waals surface area contributed by atoms with Gasteiger partial charge in [-0.05, 0) is 13.8 Å². The number of nitrogens with zero attached hydrogens (tertiary/aromatic N) is 3. The minimum Gasteiger partial charge on any atom is -0.375 e. The highest BCUT2D eigenvalue weighted by molar-refractivity contribution is 7.17. The average Bonchev–Trinajstić information content (AvgIpc) is 2.58. The quantitative estimate of drug-likeness (QED) is 0.859. The van der Waals surface area contributed by atoms with E-state index in [1.165, 1.54) is 11.3 Å². The zero-order valence-corrected chi connectivity index (χ0v) is 10.2. The second kappa shape index (κ2) is 5.47. The number of hydrogen-bond acceptors (Lipinski definition) is 5. The molecular formula is C10H14N4OS. The van der Waals surface area contributed by atoms with E-state index in [2.05, 4.69) is 4.98 Å². The maximum absolute atomic E-state index is 12.0. The van der Waals surface area contributed by atoms with E-state index >= 15 is 0 Å². The first-order chi connectivity index (χ1) is 7.60. The van der Waals surface area contributed by atoms with E-state index in [1.54, 1.807) is 11.8 Å². The molecule has 1 heterocycles. The zero-order chi connectivity index (χ0) is 12.1. The van der Waals surface area contributed by atoms with Crippen LogP contribution in [0.25, 0.3) is 0 Å². The number of nitrogen functional groups attached to an aromatic ring is 1. The molecule has 0 aliphatic heterocycles. The van der Waals surface area contributed by atoms with Gasteiger partial charge in [-0.1, -0.05) is 11.3 Å². The largest absolute Gasteiger partial charge is 0.375 e. The van der Waals surface area contributed by atoms with Crippen molar-refractivity contribution in [1.29, 1.82) is 5.26 Å². The summed E-state index contributed by atoms with van der Waals surface area (Å²) in [5.74, 6) is -0.0931. The third kappa shape index (κ3) is 2.70. The van der Waals surface area contributed by atoms with Gasteiger partial charge in [-0.15, -0.1) is 0 Å². The Bertz CT molecular complexity index is 421. The molecule has 86 valence electrons. The first-order valence-electron chi connectivity index (χ1n) is 4.99. The van der Waals surface area contributed by atoms with Crippen molar-refractivity contribution in [3.05, 3.63) is 10.6 Å². The highest BCUT2D eigenvalue weighted by atomic mass is 32.1. The van der Waals surface area contributed by atoms with Crippen molar-refractivity contribution in [3.63, 3.8) is 0 Å². The molecule has 5 nitrogen and oxygen atoms in total. The monoisotopic (exact) mass is 238 g/mol. The van der Waals surface area contributed by atoms with Crippen LogP contribution in [0.15, 0.2) is 0 Å². The van der Waals surface area contributed by atoms with Gasteiger partial charge in [0.2, 0.25) is 0 Å². The van der Waals surface area contributed by atoms with Crippen LogP contribution in [0.4, 0.5) is 5.13 Å². The fourth-order valence-electron chi connectivity index (χ4n) is 1.35. The van der Waals surface area contributed by atoms with Gasteiger partial charge in [0.05, 0.1) is 18.2 Å². The highest BCUT2D eigenvalue weighted by Crippen LogP contribution is 2.21. The minimum atomic E-state index is -0.0931. The van der Waals surface area contributed by atoms with Gasteiger partial charge in [-0.2, -0.15) is 5.26 Å². The number of hydrogen-bond donors (Lipinski definition) is 1. The molecule has 16 heavy (non-hydrogen) atoms. The van der Waals surface area contributed by atoms with Crippen molar-refractivity contribution in [2.75, 3.05) is 18.8 Å². The summed E-state index contributed by atoms with van der Waals surface area (Å²) in [5, 5.41) is 8.90. The number of thiazole rings is 1. The van der Waals surface area contributed by atoms with Crippen molar-refractivity contribution in [1.82, 2.24) is 9.88 Å². The maximum atomic E-state index is 12.0. The van der Waals surface area contributed by atoms with Crippen LogP contribution in [0.1, 0.15) is 28.7 Å². The Balaban J connectivity index is 2.83. The standard InChI is InChI=1S/C10H14N4OS/c1-3-14(6-4-5-11)9(15)8-7(2)13-10(12)16-8/h3-4,6H2,1-2H3,(H2,12,13). The van der Waals surface area contributed by atoms with Gasteiger partial charge >= 0.3 is 0 Å². The molecule has 0 aromatic carbocycles. The minimum absolute atomic E-state index is 0.0931. The van der Waals surface area contributed by atoms with E-state index in [4.69, 9.17) is 11.0 Å². The number of carbonyl (C=O) groups is 1. The summed E-state index contributed by atoms with van der Waals surface area (Å²) in [6.07, 6.45) is 0.340. The van der Waals surface area contributed by atoms with Crippen molar-refractivity contribution in [2.45, 2.75) is 20.3 Å². The SMILES string of the molecule is CCN(CCC#N)C(=O)c1sc(N)nc1C. The van der Waals surface area contributed by atoms with Crippen molar-refractivity contribution < 1.29 is 4.79 Å². The van der Waals surface area contributed by atoms with Gasteiger partial charge in [0, 0.05) is 13.1 Å². The van der Waals surface area contributed by atoms with Gasteiger partial charge < -0.3 is 10.6 Å². The lowest BCUT2D eigenvalue weighted by Crippen LogP contribution is -2.31. The van der Waals surface area contributed by atoms with Gasteiger partial charge in [0.1, 0.15) is 4.88 Å². The fourth-order valence-corrected chi connectivity index (χ4v) is 2.15. The van der Waals surface area contributed by atoms with Crippen molar-refractivity contribution in [3.8, 4) is 6.07 Å². The Kier molecular flexibility index (Phi) is 4.26. The Morgan fingerprint density at radius 1 is 1.69 bits per heavy atom. The summed E-state index contributed by atoms with van der Waals surface area (Å²) in [7, 11) is 0. The van der Waals surface area contributed by atoms with Crippen LogP contribution in [0, 0.1) is 18.3 Å². The number of anilines is 1. The van der Waals surface area contributed by atoms with Gasteiger partial charge in [0.25, 0.3) is 5.91 Å². The molecular weight excluding hydrogens is 224 g/mol. The summed E-state index contributed by atoms with van der Waals surface area (Å²) in [6, 6.07) is 2.03. The first kappa shape index (κ1) is 12.5. The molecule has 1 amide bonds. The van der Waals surface area contributed by atoms with E-state index in [9.17, 15) is 4.79 Å². The molecule has 1 rings (SSSR count). The van der Waals surface area contributed by atoms with Crippen LogP contribution in [0.5, 0.6) is 0 Å². The third-order valence-corrected chi connectivity index (χ3v) is 3.14. The van der Waals surface area contributed by atoms with E-state index < -0.39 is 0 Å². The molecule has 1 aromatic rings. The zero-order valence-electron chi connectivity index (χ0n) is 9.36. The van der Waals surface area contributed by atoms with Crippen molar-refractivity contribution >= 4 is 22.4 Å². The number of aromatic nitrogens is 1. The van der Waals surface area contributed by atoms with Crippen LogP contribution in [-0.2, 0) is 0 Å². The lowest BCUT2D eigenvalue weighted by atomic mass is 10.3. The van der Waals surface area contributed by atoms with Crippen LogP contribution in [0.2, 0.25) is 0 Å². The van der Waals surface area contributed by atoms with Crippen molar-refractivity contribution in [2.24, 2.45) is 0 Å². The highest BCUT2D eigenvalue weighted by Gasteiger charge is 2.19.